The normalized spacial score (nSPS) is 9.69. The Balaban J connectivity index is 0.000000673. The maximum absolute atomic E-state index is 10.5. The molecule has 0 aliphatic heterocycles. The van der Waals surface area contributed by atoms with Gasteiger partial charge in [0, 0.05) is 12.1 Å². The van der Waals surface area contributed by atoms with Crippen LogP contribution in [0.4, 0.5) is 5.69 Å². The van der Waals surface area contributed by atoms with E-state index in [1.54, 1.807) is 12.1 Å². The van der Waals surface area contributed by atoms with Gasteiger partial charge >= 0.3 is 6.15 Å². The number of hydrogen-bond acceptors (Lipinski definition) is 4. The molecule has 0 fully saturated rings. The maximum Gasteiger partial charge on any atom is 0.373 e. The van der Waals surface area contributed by atoms with Crippen LogP contribution in [0.2, 0.25) is 0 Å². The van der Waals surface area contributed by atoms with E-state index in [2.05, 4.69) is 0 Å². The molecule has 0 saturated heterocycles. The number of non-ortho nitro benzene ring substituents is 1. The highest BCUT2D eigenvalue weighted by Gasteiger charge is 2.16. The van der Waals surface area contributed by atoms with Gasteiger partial charge in [-0.1, -0.05) is 32.9 Å². The molecular formula is C11H13NO4. The molecular weight excluding hydrogens is 210 g/mol. The van der Waals surface area contributed by atoms with E-state index in [1.165, 1.54) is 6.07 Å². The van der Waals surface area contributed by atoms with Crippen molar-refractivity contribution in [2.45, 2.75) is 26.2 Å². The number of nitro groups is 1. The molecule has 16 heavy (non-hydrogen) atoms. The van der Waals surface area contributed by atoms with Crippen molar-refractivity contribution in [1.82, 2.24) is 0 Å². The van der Waals surface area contributed by atoms with Crippen molar-refractivity contribution in [2.75, 3.05) is 0 Å². The fourth-order valence-corrected chi connectivity index (χ4v) is 1.09. The van der Waals surface area contributed by atoms with Gasteiger partial charge in [-0.2, -0.15) is 9.59 Å². The van der Waals surface area contributed by atoms with Gasteiger partial charge in [0.25, 0.3) is 5.69 Å². The minimum atomic E-state index is -0.366. The summed E-state index contributed by atoms with van der Waals surface area (Å²) in [6, 6.07) is 6.76. The van der Waals surface area contributed by atoms with E-state index in [4.69, 9.17) is 9.59 Å². The molecule has 1 aromatic rings. The second kappa shape index (κ2) is 5.78. The first-order valence-electron chi connectivity index (χ1n) is 4.57. The van der Waals surface area contributed by atoms with E-state index in [9.17, 15) is 10.1 Å². The molecule has 86 valence electrons. The van der Waals surface area contributed by atoms with E-state index < -0.39 is 0 Å². The smallest absolute Gasteiger partial charge is 0.258 e. The third kappa shape index (κ3) is 4.48. The Hall–Kier alpha value is -2.00. The molecule has 0 spiro atoms. The molecule has 0 bridgehead atoms. The molecule has 0 aliphatic carbocycles. The highest BCUT2D eigenvalue weighted by Crippen LogP contribution is 2.25. The highest BCUT2D eigenvalue weighted by molar-refractivity contribution is 5.37. The SMILES string of the molecule is CC(C)(C)c1cccc([N+](=O)[O-])c1.O=C=O. The molecule has 0 aromatic heterocycles. The number of carbonyl (C=O) groups excluding carboxylic acids is 2. The minimum absolute atomic E-state index is 0.0357. The quantitative estimate of drug-likeness (QED) is 0.540. The first-order chi connectivity index (χ1) is 7.32. The van der Waals surface area contributed by atoms with Crippen LogP contribution in [0.5, 0.6) is 0 Å². The number of nitrogens with zero attached hydrogens (tertiary/aromatic N) is 1. The predicted octanol–water partition coefficient (Wildman–Crippen LogP) is 2.31. The molecule has 5 heteroatoms. The second-order valence-electron chi connectivity index (χ2n) is 4.14. The number of hydrogen-bond donors (Lipinski definition) is 0. The summed E-state index contributed by atoms with van der Waals surface area (Å²) in [5, 5.41) is 10.5. The molecule has 0 unspecified atom stereocenters. The molecule has 0 atom stereocenters. The monoisotopic (exact) mass is 223 g/mol. The van der Waals surface area contributed by atoms with Gasteiger partial charge in [-0.25, -0.2) is 0 Å². The fraction of sp³-hybridized carbons (Fsp3) is 0.364. The average molecular weight is 223 g/mol. The van der Waals surface area contributed by atoms with Crippen LogP contribution in [-0.2, 0) is 15.0 Å². The van der Waals surface area contributed by atoms with Gasteiger partial charge < -0.3 is 0 Å². The molecule has 0 aliphatic rings. The average Bonchev–Trinajstić information content (AvgIpc) is 2.18. The molecule has 1 rings (SSSR count). The van der Waals surface area contributed by atoms with Crippen LogP contribution >= 0.6 is 0 Å². The van der Waals surface area contributed by atoms with Gasteiger partial charge in [-0.05, 0) is 11.0 Å². The lowest BCUT2D eigenvalue weighted by Gasteiger charge is -2.18. The Bertz CT molecular complexity index is 401. The lowest BCUT2D eigenvalue weighted by atomic mass is 9.87. The van der Waals surface area contributed by atoms with Gasteiger partial charge in [-0.3, -0.25) is 10.1 Å². The van der Waals surface area contributed by atoms with E-state index in [0.717, 1.165) is 5.56 Å². The van der Waals surface area contributed by atoms with Crippen LogP contribution < -0.4 is 0 Å². The Morgan fingerprint density at radius 3 is 2.12 bits per heavy atom. The van der Waals surface area contributed by atoms with E-state index in [0.29, 0.717) is 0 Å². The zero-order valence-electron chi connectivity index (χ0n) is 9.39. The molecule has 0 heterocycles. The Morgan fingerprint density at radius 1 is 1.25 bits per heavy atom. The van der Waals surface area contributed by atoms with Gasteiger partial charge in [0.2, 0.25) is 0 Å². The Morgan fingerprint density at radius 2 is 1.75 bits per heavy atom. The van der Waals surface area contributed by atoms with Crippen LogP contribution in [0, 0.1) is 10.1 Å². The summed E-state index contributed by atoms with van der Waals surface area (Å²) in [6.07, 6.45) is 0.250. The lowest BCUT2D eigenvalue weighted by molar-refractivity contribution is -0.385. The van der Waals surface area contributed by atoms with Crippen LogP contribution in [0.3, 0.4) is 0 Å². The van der Waals surface area contributed by atoms with Crippen LogP contribution in [0.15, 0.2) is 24.3 Å². The third-order valence-corrected chi connectivity index (χ3v) is 1.92. The number of benzene rings is 1. The van der Waals surface area contributed by atoms with E-state index in [-0.39, 0.29) is 22.2 Å². The summed E-state index contributed by atoms with van der Waals surface area (Å²) in [7, 11) is 0. The fourth-order valence-electron chi connectivity index (χ4n) is 1.09. The summed E-state index contributed by atoms with van der Waals surface area (Å²) < 4.78 is 0. The van der Waals surface area contributed by atoms with Crippen molar-refractivity contribution >= 4 is 11.8 Å². The molecule has 5 nitrogen and oxygen atoms in total. The van der Waals surface area contributed by atoms with Crippen LogP contribution in [-0.4, -0.2) is 11.1 Å². The molecule has 0 saturated carbocycles. The predicted molar refractivity (Wildman–Crippen MR) is 56.8 cm³/mol. The molecule has 1 aromatic carbocycles. The summed E-state index contributed by atoms with van der Waals surface area (Å²) in [5.41, 5.74) is 1.11. The standard InChI is InChI=1S/C10H13NO2.CO2/c1-10(2,3)8-5-4-6-9(7-8)11(12)13;2-1-3/h4-7H,1-3H3;. The number of rotatable bonds is 1. The highest BCUT2D eigenvalue weighted by atomic mass is 16.6. The molecule has 0 amide bonds. The van der Waals surface area contributed by atoms with Crippen molar-refractivity contribution in [2.24, 2.45) is 0 Å². The van der Waals surface area contributed by atoms with Crippen molar-refractivity contribution in [3.8, 4) is 0 Å². The zero-order chi connectivity index (χ0) is 12.8. The van der Waals surface area contributed by atoms with Gasteiger partial charge in [-0.15, -0.1) is 0 Å². The molecule has 0 N–H and O–H groups in total. The maximum atomic E-state index is 10.5. The van der Waals surface area contributed by atoms with Crippen molar-refractivity contribution in [3.05, 3.63) is 39.9 Å². The van der Waals surface area contributed by atoms with E-state index in [1.807, 2.05) is 26.8 Å². The lowest BCUT2D eigenvalue weighted by Crippen LogP contribution is -2.10. The van der Waals surface area contributed by atoms with Crippen molar-refractivity contribution in [1.29, 1.82) is 0 Å². The van der Waals surface area contributed by atoms with E-state index >= 15 is 0 Å². The Kier molecular flexibility index (Phi) is 5.06. The summed E-state index contributed by atoms with van der Waals surface area (Å²) >= 11 is 0. The summed E-state index contributed by atoms with van der Waals surface area (Å²) in [4.78, 5) is 26.4. The number of nitro benzene ring substituents is 1. The first-order valence-corrected chi connectivity index (χ1v) is 4.57. The largest absolute Gasteiger partial charge is 0.373 e. The summed E-state index contributed by atoms with van der Waals surface area (Å²) in [5.74, 6) is 0. The third-order valence-electron chi connectivity index (χ3n) is 1.92. The van der Waals surface area contributed by atoms with Crippen molar-refractivity contribution in [3.63, 3.8) is 0 Å². The van der Waals surface area contributed by atoms with Crippen LogP contribution in [0.25, 0.3) is 0 Å². The zero-order valence-corrected chi connectivity index (χ0v) is 9.39. The first kappa shape index (κ1) is 14.0. The Labute approximate surface area is 93.2 Å². The van der Waals surface area contributed by atoms with Gasteiger partial charge in [0.05, 0.1) is 4.92 Å². The summed E-state index contributed by atoms with van der Waals surface area (Å²) in [6.45, 7) is 6.10. The van der Waals surface area contributed by atoms with Gasteiger partial charge in [0.1, 0.15) is 0 Å². The molecule has 0 radical (unpaired) electrons. The minimum Gasteiger partial charge on any atom is -0.258 e. The van der Waals surface area contributed by atoms with Gasteiger partial charge in [0.15, 0.2) is 0 Å². The van der Waals surface area contributed by atoms with Crippen LogP contribution in [0.1, 0.15) is 26.3 Å². The van der Waals surface area contributed by atoms with Crippen molar-refractivity contribution < 1.29 is 14.5 Å². The second-order valence-corrected chi connectivity index (χ2v) is 4.14. The topological polar surface area (TPSA) is 77.3 Å².